The zero-order valence-electron chi connectivity index (χ0n) is 4.67. The van der Waals surface area contributed by atoms with Gasteiger partial charge in [-0.05, 0) is 19.3 Å². The van der Waals surface area contributed by atoms with Crippen molar-refractivity contribution in [3.05, 3.63) is 0 Å². The summed E-state index contributed by atoms with van der Waals surface area (Å²) in [7, 11) is 0. The maximum absolute atomic E-state index is 3.20. The third-order valence-electron chi connectivity index (χ3n) is 2.47. The fourth-order valence-corrected chi connectivity index (χ4v) is 1.98. The zero-order chi connectivity index (χ0) is 5.14. The van der Waals surface area contributed by atoms with E-state index in [1.54, 1.807) is 0 Å². The highest BCUT2D eigenvalue weighted by Crippen LogP contribution is 2.45. The Morgan fingerprint density at radius 1 is 1.12 bits per heavy atom. The van der Waals surface area contributed by atoms with Crippen molar-refractivity contribution in [2.75, 3.05) is 0 Å². The summed E-state index contributed by atoms with van der Waals surface area (Å²) in [6.07, 6.45) is 4.23. The van der Waals surface area contributed by atoms with Crippen LogP contribution < -0.4 is 0 Å². The second-order valence-electron chi connectivity index (χ2n) is 2.91. The van der Waals surface area contributed by atoms with Gasteiger partial charge < -0.3 is 0 Å². The van der Waals surface area contributed by atoms with E-state index in [1.807, 2.05) is 0 Å². The van der Waals surface area contributed by atoms with Crippen molar-refractivity contribution < 1.29 is 0 Å². The molecule has 1 saturated carbocycles. The van der Waals surface area contributed by atoms with E-state index in [4.69, 9.17) is 0 Å². The molecule has 1 aromatic rings. The van der Waals surface area contributed by atoms with Crippen molar-refractivity contribution >= 4 is 0 Å². The molecule has 0 aromatic carbocycles. The first-order valence-electron chi connectivity index (χ1n) is 3.30. The summed E-state index contributed by atoms with van der Waals surface area (Å²) in [5, 5.41) is 3.20. The molecular weight excluding hydrogens is 102 g/mol. The Balaban J connectivity index is 2.19. The van der Waals surface area contributed by atoms with Crippen molar-refractivity contribution in [1.29, 1.82) is 0 Å². The minimum absolute atomic E-state index is 0.861. The number of rotatable bonds is 0. The minimum atomic E-state index is 0.861. The van der Waals surface area contributed by atoms with Gasteiger partial charge in [-0.15, -0.1) is 0 Å². The Morgan fingerprint density at radius 3 is 2.12 bits per heavy atom. The van der Waals surface area contributed by atoms with Gasteiger partial charge in [0.15, 0.2) is 0 Å². The molecule has 8 heavy (non-hydrogen) atoms. The molecule has 1 fully saturated rings. The summed E-state index contributed by atoms with van der Waals surface area (Å²) < 4.78 is 0. The van der Waals surface area contributed by atoms with Crippen LogP contribution in [0.5, 0.6) is 0 Å². The van der Waals surface area contributed by atoms with Crippen molar-refractivity contribution in [3.63, 3.8) is 0 Å². The summed E-state index contributed by atoms with van der Waals surface area (Å²) in [5.41, 5.74) is 0. The van der Waals surface area contributed by atoms with Crippen LogP contribution in [0.15, 0.2) is 0 Å². The van der Waals surface area contributed by atoms with Crippen molar-refractivity contribution in [1.82, 2.24) is 14.8 Å². The average molecular weight is 111 g/mol. The molecule has 1 N–H and O–H groups in total. The van der Waals surface area contributed by atoms with Gasteiger partial charge >= 0.3 is 0 Å². The fourth-order valence-electron chi connectivity index (χ4n) is 1.98. The van der Waals surface area contributed by atoms with E-state index in [0.717, 1.165) is 12.1 Å². The maximum Gasteiger partial charge on any atom is 0.0727 e. The van der Waals surface area contributed by atoms with Crippen LogP contribution in [0.25, 0.3) is 0 Å². The summed E-state index contributed by atoms with van der Waals surface area (Å²) >= 11 is 0. The first kappa shape index (κ1) is 3.43. The van der Waals surface area contributed by atoms with Crippen LogP contribution in [-0.2, 0) is 0 Å². The van der Waals surface area contributed by atoms with Gasteiger partial charge in [0.05, 0.1) is 12.1 Å². The Labute approximate surface area is 47.2 Å². The van der Waals surface area contributed by atoms with Gasteiger partial charge in [0.2, 0.25) is 0 Å². The quantitative estimate of drug-likeness (QED) is 0.514. The van der Waals surface area contributed by atoms with Crippen LogP contribution in [-0.4, -0.2) is 14.8 Å². The molecule has 3 rings (SSSR count). The Hall–Kier alpha value is -0.600. The first-order valence-corrected chi connectivity index (χ1v) is 3.30. The lowest BCUT2D eigenvalue weighted by Gasteiger charge is -1.99. The molecule has 2 bridgehead atoms. The number of aromatic amines is 1. The standard InChI is InChI=1S/C5H9N3/c1-2-5-3-4(1)7-6-8(5)7/h4-6H,1-3H2. The van der Waals surface area contributed by atoms with Crippen molar-refractivity contribution in [2.45, 2.75) is 31.3 Å². The second-order valence-corrected chi connectivity index (χ2v) is 2.91. The molecule has 2 aliphatic rings. The highest BCUT2D eigenvalue weighted by atomic mass is 15.9. The van der Waals surface area contributed by atoms with E-state index in [0.29, 0.717) is 0 Å². The van der Waals surface area contributed by atoms with Gasteiger partial charge in [0.25, 0.3) is 0 Å². The van der Waals surface area contributed by atoms with Crippen LogP contribution in [0.4, 0.5) is 0 Å². The fraction of sp³-hybridized carbons (Fsp3) is 1.00. The van der Waals surface area contributed by atoms with E-state index in [2.05, 4.69) is 14.8 Å². The molecule has 3 heteroatoms. The molecule has 1 aliphatic heterocycles. The maximum atomic E-state index is 3.20. The lowest BCUT2D eigenvalue weighted by molar-refractivity contribution is 0.487. The van der Waals surface area contributed by atoms with Crippen LogP contribution >= 0.6 is 0 Å². The van der Waals surface area contributed by atoms with E-state index in [-0.39, 0.29) is 0 Å². The topological polar surface area (TPSA) is 25.6 Å². The number of fused-ring (bicyclic) bond motifs is 5. The van der Waals surface area contributed by atoms with Crippen molar-refractivity contribution in [3.8, 4) is 0 Å². The molecule has 44 valence electrons. The van der Waals surface area contributed by atoms with Crippen molar-refractivity contribution in [2.24, 2.45) is 0 Å². The van der Waals surface area contributed by atoms with Crippen LogP contribution in [0, 0.1) is 0 Å². The summed E-state index contributed by atoms with van der Waals surface area (Å²) in [4.78, 5) is 4.52. The largest absolute Gasteiger partial charge is 0.207 e. The highest BCUT2D eigenvalue weighted by molar-refractivity contribution is 4.89. The normalized spacial score (nSPS) is 41.5. The molecule has 2 heterocycles. The van der Waals surface area contributed by atoms with Gasteiger partial charge in [-0.2, -0.15) is 9.59 Å². The smallest absolute Gasteiger partial charge is 0.0727 e. The van der Waals surface area contributed by atoms with Crippen LogP contribution in [0.1, 0.15) is 31.3 Å². The lowest BCUT2D eigenvalue weighted by atomic mass is 10.3. The minimum Gasteiger partial charge on any atom is -0.207 e. The van der Waals surface area contributed by atoms with Crippen LogP contribution in [0.2, 0.25) is 0 Å². The average Bonchev–Trinajstić information content (AvgIpc) is 2.39. The van der Waals surface area contributed by atoms with E-state index in [9.17, 15) is 0 Å². The number of nitrogens with one attached hydrogen (secondary N) is 1. The lowest BCUT2D eigenvalue weighted by Crippen LogP contribution is -1.97. The predicted octanol–water partition coefficient (Wildman–Crippen LogP) is 0.897. The molecule has 0 radical (unpaired) electrons. The van der Waals surface area contributed by atoms with Gasteiger partial charge in [-0.3, -0.25) is 0 Å². The number of H-pyrrole nitrogens is 1. The predicted molar refractivity (Wildman–Crippen MR) is 28.7 cm³/mol. The Kier molecular flexibility index (Phi) is 0.337. The highest BCUT2D eigenvalue weighted by Gasteiger charge is 2.40. The monoisotopic (exact) mass is 111 g/mol. The second kappa shape index (κ2) is 0.787. The number of hydrogen-bond donors (Lipinski definition) is 1. The summed E-state index contributed by atoms with van der Waals surface area (Å²) in [5.74, 6) is 0. The van der Waals surface area contributed by atoms with Gasteiger partial charge in [0, 0.05) is 0 Å². The summed E-state index contributed by atoms with van der Waals surface area (Å²) in [6, 6.07) is 1.72. The van der Waals surface area contributed by atoms with Gasteiger partial charge in [-0.25, -0.2) is 5.21 Å². The molecule has 1 aliphatic carbocycles. The van der Waals surface area contributed by atoms with E-state index < -0.39 is 0 Å². The summed E-state index contributed by atoms with van der Waals surface area (Å²) in [6.45, 7) is 0. The van der Waals surface area contributed by atoms with E-state index in [1.165, 1.54) is 19.3 Å². The zero-order valence-corrected chi connectivity index (χ0v) is 4.67. The Morgan fingerprint density at radius 2 is 1.75 bits per heavy atom. The molecule has 0 spiro atoms. The molecule has 0 amide bonds. The SMILES string of the molecule is C1CC2CC1n1[nH]n12. The Bertz CT molecular complexity index is 185. The molecule has 0 saturated heterocycles. The number of hydrogen-bond acceptors (Lipinski definition) is 0. The molecule has 3 nitrogen and oxygen atoms in total. The number of aromatic nitrogens is 3. The third-order valence-corrected chi connectivity index (χ3v) is 2.47. The molecule has 1 aromatic heterocycles. The third kappa shape index (κ3) is 0.208. The first-order chi connectivity index (χ1) is 3.95. The number of nitrogens with zero attached hydrogens (tertiary/aromatic N) is 2. The molecular formula is C5H9N3. The van der Waals surface area contributed by atoms with Gasteiger partial charge in [-0.1, -0.05) is 0 Å². The van der Waals surface area contributed by atoms with Gasteiger partial charge in [0.1, 0.15) is 0 Å². The van der Waals surface area contributed by atoms with Crippen LogP contribution in [0.3, 0.4) is 0 Å². The molecule has 2 unspecified atom stereocenters. The van der Waals surface area contributed by atoms with E-state index >= 15 is 0 Å². The molecule has 2 atom stereocenters.